The molecule has 1 aromatic carbocycles. The lowest BCUT2D eigenvalue weighted by Gasteiger charge is -2.12. The minimum Gasteiger partial charge on any atom is -0.493 e. The number of aryl methyl sites for hydroxylation is 1. The largest absolute Gasteiger partial charge is 0.493 e. The number of benzene rings is 1. The van der Waals surface area contributed by atoms with Crippen molar-refractivity contribution >= 4 is 5.84 Å². The topological polar surface area (TPSA) is 67.8 Å². The third-order valence-corrected chi connectivity index (χ3v) is 2.84. The van der Waals surface area contributed by atoms with E-state index in [4.69, 9.17) is 15.7 Å². The number of rotatable bonds is 6. The molecule has 0 amide bonds. The van der Waals surface area contributed by atoms with Gasteiger partial charge in [0.1, 0.15) is 11.6 Å². The second-order valence-electron chi connectivity index (χ2n) is 4.72. The second kappa shape index (κ2) is 6.89. The summed E-state index contributed by atoms with van der Waals surface area (Å²) in [5.74, 6) is 1.65. The highest BCUT2D eigenvalue weighted by molar-refractivity contribution is 5.79. The molecule has 1 rings (SSSR count). The third-order valence-electron chi connectivity index (χ3n) is 2.84. The molecular weight excluding hydrogens is 228 g/mol. The highest BCUT2D eigenvalue weighted by Crippen LogP contribution is 2.24. The zero-order valence-electron chi connectivity index (χ0n) is 11.3. The van der Waals surface area contributed by atoms with Gasteiger partial charge in [-0.05, 0) is 36.5 Å². The van der Waals surface area contributed by atoms with Gasteiger partial charge in [-0.3, -0.25) is 0 Å². The van der Waals surface area contributed by atoms with E-state index in [0.29, 0.717) is 18.9 Å². The van der Waals surface area contributed by atoms with Gasteiger partial charge in [0.25, 0.3) is 0 Å². The lowest BCUT2D eigenvalue weighted by molar-refractivity contribution is 0.304. The highest BCUT2D eigenvalue weighted by atomic mass is 16.5. The van der Waals surface area contributed by atoms with Crippen molar-refractivity contribution in [1.29, 1.82) is 0 Å². The Balaban J connectivity index is 2.53. The van der Waals surface area contributed by atoms with Crippen LogP contribution in [0.25, 0.3) is 0 Å². The van der Waals surface area contributed by atoms with Crippen molar-refractivity contribution in [1.82, 2.24) is 0 Å². The molecule has 0 saturated heterocycles. The molecule has 4 heteroatoms. The van der Waals surface area contributed by atoms with Crippen molar-refractivity contribution in [2.75, 3.05) is 6.61 Å². The number of nitrogens with two attached hydrogens (primary N) is 1. The van der Waals surface area contributed by atoms with Crippen LogP contribution in [0.2, 0.25) is 0 Å². The molecule has 3 N–H and O–H groups in total. The number of oxime groups is 1. The standard InChI is InChI=1S/C14H22N2O2/c1-10(2)12-7-6-11(3)13(9-12)18-8-4-5-14(15)16-17/h6-7,9-10,17H,4-5,8H2,1-3H3,(H2,15,16). The van der Waals surface area contributed by atoms with Gasteiger partial charge in [-0.1, -0.05) is 31.1 Å². The van der Waals surface area contributed by atoms with Gasteiger partial charge in [-0.2, -0.15) is 0 Å². The molecule has 100 valence electrons. The van der Waals surface area contributed by atoms with E-state index in [0.717, 1.165) is 17.7 Å². The maximum absolute atomic E-state index is 8.41. The predicted octanol–water partition coefficient (Wildman–Crippen LogP) is 3.02. The van der Waals surface area contributed by atoms with Crippen LogP contribution in [0.15, 0.2) is 23.4 Å². The number of amidine groups is 1. The lowest BCUT2D eigenvalue weighted by atomic mass is 10.0. The third kappa shape index (κ3) is 4.28. The van der Waals surface area contributed by atoms with Gasteiger partial charge in [0.2, 0.25) is 0 Å². The molecule has 0 aliphatic heterocycles. The molecular formula is C14H22N2O2. The van der Waals surface area contributed by atoms with E-state index in [-0.39, 0.29) is 5.84 Å². The summed E-state index contributed by atoms with van der Waals surface area (Å²) in [6.07, 6.45) is 1.28. The van der Waals surface area contributed by atoms with Crippen LogP contribution in [-0.2, 0) is 0 Å². The van der Waals surface area contributed by atoms with Crippen LogP contribution in [0.3, 0.4) is 0 Å². The van der Waals surface area contributed by atoms with E-state index in [2.05, 4.69) is 37.2 Å². The molecule has 18 heavy (non-hydrogen) atoms. The summed E-state index contributed by atoms with van der Waals surface area (Å²) in [5, 5.41) is 11.3. The Bertz CT molecular complexity index is 414. The van der Waals surface area contributed by atoms with Crippen LogP contribution in [-0.4, -0.2) is 17.6 Å². The summed E-state index contributed by atoms with van der Waals surface area (Å²) < 4.78 is 5.73. The average molecular weight is 250 g/mol. The first-order chi connectivity index (χ1) is 8.54. The molecule has 0 bridgehead atoms. The van der Waals surface area contributed by atoms with Crippen molar-refractivity contribution in [3.63, 3.8) is 0 Å². The van der Waals surface area contributed by atoms with E-state index in [1.165, 1.54) is 5.56 Å². The van der Waals surface area contributed by atoms with Crippen molar-refractivity contribution < 1.29 is 9.94 Å². The maximum atomic E-state index is 8.41. The van der Waals surface area contributed by atoms with Gasteiger partial charge in [-0.25, -0.2) is 0 Å². The predicted molar refractivity (Wildman–Crippen MR) is 73.4 cm³/mol. The van der Waals surface area contributed by atoms with Crippen molar-refractivity contribution in [2.24, 2.45) is 10.9 Å². The monoisotopic (exact) mass is 250 g/mol. The smallest absolute Gasteiger partial charge is 0.139 e. The second-order valence-corrected chi connectivity index (χ2v) is 4.72. The van der Waals surface area contributed by atoms with Crippen LogP contribution in [0.1, 0.15) is 43.7 Å². The molecule has 0 aromatic heterocycles. The van der Waals surface area contributed by atoms with E-state index in [1.807, 2.05) is 6.92 Å². The van der Waals surface area contributed by atoms with Gasteiger partial charge < -0.3 is 15.7 Å². The highest BCUT2D eigenvalue weighted by Gasteiger charge is 2.04. The van der Waals surface area contributed by atoms with Crippen LogP contribution in [0.4, 0.5) is 0 Å². The average Bonchev–Trinajstić information content (AvgIpc) is 2.35. The number of nitrogens with zero attached hydrogens (tertiary/aromatic N) is 1. The van der Waals surface area contributed by atoms with Crippen molar-refractivity contribution in [2.45, 2.75) is 39.5 Å². The van der Waals surface area contributed by atoms with Gasteiger partial charge in [-0.15, -0.1) is 0 Å². The fourth-order valence-electron chi connectivity index (χ4n) is 1.62. The first-order valence-corrected chi connectivity index (χ1v) is 6.24. The summed E-state index contributed by atoms with van der Waals surface area (Å²) in [7, 11) is 0. The molecule has 0 atom stereocenters. The van der Waals surface area contributed by atoms with Crippen molar-refractivity contribution in [3.05, 3.63) is 29.3 Å². The molecule has 0 heterocycles. The summed E-state index contributed by atoms with van der Waals surface area (Å²) in [4.78, 5) is 0. The summed E-state index contributed by atoms with van der Waals surface area (Å²) in [5.41, 5.74) is 7.79. The molecule has 0 fully saturated rings. The maximum Gasteiger partial charge on any atom is 0.139 e. The van der Waals surface area contributed by atoms with Crippen LogP contribution >= 0.6 is 0 Å². The lowest BCUT2D eigenvalue weighted by Crippen LogP contribution is -2.13. The van der Waals surface area contributed by atoms with Gasteiger partial charge in [0.05, 0.1) is 6.61 Å². The summed E-state index contributed by atoms with van der Waals surface area (Å²) in [6.45, 7) is 6.92. The van der Waals surface area contributed by atoms with Crippen molar-refractivity contribution in [3.8, 4) is 5.75 Å². The van der Waals surface area contributed by atoms with Crippen LogP contribution in [0.5, 0.6) is 5.75 Å². The fourth-order valence-corrected chi connectivity index (χ4v) is 1.62. The number of hydrogen-bond donors (Lipinski definition) is 2. The minimum atomic E-state index is 0.242. The fraction of sp³-hybridized carbons (Fsp3) is 0.500. The van der Waals surface area contributed by atoms with Crippen LogP contribution in [0, 0.1) is 6.92 Å². The minimum absolute atomic E-state index is 0.242. The molecule has 0 spiro atoms. The van der Waals surface area contributed by atoms with E-state index < -0.39 is 0 Å². The molecule has 0 aliphatic rings. The van der Waals surface area contributed by atoms with Gasteiger partial charge in [0.15, 0.2) is 0 Å². The molecule has 1 aromatic rings. The van der Waals surface area contributed by atoms with E-state index in [9.17, 15) is 0 Å². The Morgan fingerprint density at radius 3 is 2.78 bits per heavy atom. The molecule has 4 nitrogen and oxygen atoms in total. The first kappa shape index (κ1) is 14.4. The van der Waals surface area contributed by atoms with Crippen LogP contribution < -0.4 is 10.5 Å². The Morgan fingerprint density at radius 2 is 2.17 bits per heavy atom. The Kier molecular flexibility index (Phi) is 5.49. The van der Waals surface area contributed by atoms with Gasteiger partial charge in [0, 0.05) is 6.42 Å². The summed E-state index contributed by atoms with van der Waals surface area (Å²) in [6, 6.07) is 6.29. The quantitative estimate of drug-likeness (QED) is 0.268. The summed E-state index contributed by atoms with van der Waals surface area (Å²) >= 11 is 0. The molecule has 0 unspecified atom stereocenters. The number of ether oxygens (including phenoxy) is 1. The normalized spacial score (nSPS) is 11.9. The SMILES string of the molecule is Cc1ccc(C(C)C)cc1OCCC/C(N)=N/O. The molecule has 0 aliphatic carbocycles. The zero-order valence-corrected chi connectivity index (χ0v) is 11.3. The molecule has 0 radical (unpaired) electrons. The van der Waals surface area contributed by atoms with E-state index in [1.54, 1.807) is 0 Å². The Labute approximate surface area is 108 Å². The van der Waals surface area contributed by atoms with Gasteiger partial charge >= 0.3 is 0 Å². The Morgan fingerprint density at radius 1 is 1.44 bits per heavy atom. The molecule has 0 saturated carbocycles. The number of hydrogen-bond acceptors (Lipinski definition) is 3. The first-order valence-electron chi connectivity index (χ1n) is 6.24. The Hall–Kier alpha value is -1.71. The zero-order chi connectivity index (χ0) is 13.5. The van der Waals surface area contributed by atoms with E-state index >= 15 is 0 Å².